The van der Waals surface area contributed by atoms with E-state index in [1.165, 1.54) is 5.56 Å². The molecule has 1 amide bonds. The number of carbonyl (C=O) groups is 1. The van der Waals surface area contributed by atoms with Crippen molar-refractivity contribution in [3.8, 4) is 0 Å². The fraction of sp³-hybridized carbons (Fsp3) is 0.562. The molecule has 116 valence electrons. The van der Waals surface area contributed by atoms with Crippen molar-refractivity contribution in [2.45, 2.75) is 39.3 Å². The molecule has 5 heteroatoms. The van der Waals surface area contributed by atoms with Crippen molar-refractivity contribution in [1.29, 1.82) is 0 Å². The molecule has 1 aliphatic rings. The van der Waals surface area contributed by atoms with Crippen LogP contribution < -0.4 is 15.5 Å². The zero-order valence-electron chi connectivity index (χ0n) is 13.0. The van der Waals surface area contributed by atoms with Crippen molar-refractivity contribution in [2.75, 3.05) is 24.5 Å². The summed E-state index contributed by atoms with van der Waals surface area (Å²) in [5.41, 5.74) is 2.40. The van der Waals surface area contributed by atoms with E-state index in [0.717, 1.165) is 30.3 Å². The van der Waals surface area contributed by atoms with Crippen LogP contribution >= 0.6 is 11.6 Å². The summed E-state index contributed by atoms with van der Waals surface area (Å²) in [7, 11) is 0. The molecular formula is C16H24ClN3O. The van der Waals surface area contributed by atoms with Gasteiger partial charge in [0.05, 0.1) is 0 Å². The molecule has 21 heavy (non-hydrogen) atoms. The Morgan fingerprint density at radius 3 is 2.81 bits per heavy atom. The number of hydrogen-bond acceptors (Lipinski definition) is 3. The van der Waals surface area contributed by atoms with E-state index in [9.17, 15) is 4.79 Å². The molecule has 4 nitrogen and oxygen atoms in total. The Kier molecular flexibility index (Phi) is 5.12. The summed E-state index contributed by atoms with van der Waals surface area (Å²) in [6, 6.07) is 5.99. The lowest BCUT2D eigenvalue weighted by atomic mass is 10.1. The number of carbonyl (C=O) groups excluding carboxylic acids is 1. The highest BCUT2D eigenvalue weighted by atomic mass is 35.5. The van der Waals surface area contributed by atoms with Crippen molar-refractivity contribution >= 4 is 23.2 Å². The van der Waals surface area contributed by atoms with Crippen LogP contribution in [0.15, 0.2) is 18.2 Å². The van der Waals surface area contributed by atoms with E-state index in [1.54, 1.807) is 0 Å². The lowest BCUT2D eigenvalue weighted by Crippen LogP contribution is -2.36. The Morgan fingerprint density at radius 1 is 1.33 bits per heavy atom. The molecule has 1 aromatic rings. The van der Waals surface area contributed by atoms with Gasteiger partial charge < -0.3 is 15.5 Å². The molecule has 0 bridgehead atoms. The normalized spacial score (nSPS) is 16.6. The van der Waals surface area contributed by atoms with Gasteiger partial charge in [0, 0.05) is 48.8 Å². The van der Waals surface area contributed by atoms with Gasteiger partial charge in [0.25, 0.3) is 0 Å². The molecule has 0 spiro atoms. The van der Waals surface area contributed by atoms with Gasteiger partial charge in [-0.25, -0.2) is 0 Å². The van der Waals surface area contributed by atoms with E-state index >= 15 is 0 Å². The van der Waals surface area contributed by atoms with Crippen LogP contribution in [0.2, 0.25) is 5.02 Å². The molecule has 0 radical (unpaired) electrons. The van der Waals surface area contributed by atoms with E-state index in [4.69, 9.17) is 11.6 Å². The summed E-state index contributed by atoms with van der Waals surface area (Å²) in [5.74, 6) is 0.119. The second kappa shape index (κ2) is 6.67. The molecule has 1 saturated heterocycles. The van der Waals surface area contributed by atoms with Crippen LogP contribution in [0, 0.1) is 0 Å². The standard InChI is InChI=1S/C16H24ClN3O/c1-16(2,3)19-11-12-4-5-13(17)10-14(12)20-8-6-15(21)18-7-9-20/h4-5,10,19H,6-9,11H2,1-3H3,(H,18,21). The number of nitrogens with one attached hydrogen (secondary N) is 2. The van der Waals surface area contributed by atoms with Crippen LogP contribution in [0.4, 0.5) is 5.69 Å². The van der Waals surface area contributed by atoms with Gasteiger partial charge in [-0.1, -0.05) is 17.7 Å². The third-order valence-corrected chi connectivity index (χ3v) is 3.74. The molecule has 0 unspecified atom stereocenters. The molecule has 0 atom stereocenters. The molecule has 1 fully saturated rings. The average molecular weight is 310 g/mol. The molecule has 0 aliphatic carbocycles. The molecule has 1 aliphatic heterocycles. The molecule has 1 heterocycles. The quantitative estimate of drug-likeness (QED) is 0.902. The predicted molar refractivity (Wildman–Crippen MR) is 87.9 cm³/mol. The highest BCUT2D eigenvalue weighted by Crippen LogP contribution is 2.26. The fourth-order valence-electron chi connectivity index (χ4n) is 2.35. The number of halogens is 1. The van der Waals surface area contributed by atoms with Crippen LogP contribution in [0.5, 0.6) is 0 Å². The summed E-state index contributed by atoms with van der Waals surface area (Å²) in [4.78, 5) is 13.7. The van der Waals surface area contributed by atoms with Crippen molar-refractivity contribution in [1.82, 2.24) is 10.6 Å². The maximum Gasteiger partial charge on any atom is 0.221 e. The first-order valence-corrected chi connectivity index (χ1v) is 7.78. The van der Waals surface area contributed by atoms with E-state index in [0.29, 0.717) is 13.0 Å². The second-order valence-electron chi connectivity index (χ2n) is 6.46. The van der Waals surface area contributed by atoms with Crippen molar-refractivity contribution < 1.29 is 4.79 Å². The zero-order chi connectivity index (χ0) is 15.5. The third-order valence-electron chi connectivity index (χ3n) is 3.51. The molecule has 0 aromatic heterocycles. The molecule has 2 rings (SSSR count). The first-order chi connectivity index (χ1) is 9.85. The van der Waals surface area contributed by atoms with Crippen molar-refractivity contribution in [2.24, 2.45) is 0 Å². The SMILES string of the molecule is CC(C)(C)NCc1ccc(Cl)cc1N1CCNC(=O)CC1. The minimum absolute atomic E-state index is 0.0627. The molecule has 0 saturated carbocycles. The van der Waals surface area contributed by atoms with Crippen LogP contribution in [0.25, 0.3) is 0 Å². The van der Waals surface area contributed by atoms with E-state index in [2.05, 4.69) is 42.4 Å². The van der Waals surface area contributed by atoms with E-state index in [-0.39, 0.29) is 11.4 Å². The Labute approximate surface area is 131 Å². The van der Waals surface area contributed by atoms with Gasteiger partial charge in [-0.3, -0.25) is 4.79 Å². The molecular weight excluding hydrogens is 286 g/mol. The van der Waals surface area contributed by atoms with E-state index in [1.807, 2.05) is 12.1 Å². The number of anilines is 1. The summed E-state index contributed by atoms with van der Waals surface area (Å²) >= 11 is 6.17. The number of benzene rings is 1. The maximum atomic E-state index is 11.5. The summed E-state index contributed by atoms with van der Waals surface area (Å²) < 4.78 is 0. The van der Waals surface area contributed by atoms with Crippen molar-refractivity contribution in [3.05, 3.63) is 28.8 Å². The van der Waals surface area contributed by atoms with E-state index < -0.39 is 0 Å². The zero-order valence-corrected chi connectivity index (χ0v) is 13.8. The molecule has 2 N–H and O–H groups in total. The summed E-state index contributed by atoms with van der Waals surface area (Å²) in [5, 5.41) is 7.14. The number of hydrogen-bond donors (Lipinski definition) is 2. The minimum atomic E-state index is 0.0627. The van der Waals surface area contributed by atoms with Gasteiger partial charge in [-0.2, -0.15) is 0 Å². The molecule has 1 aromatic carbocycles. The van der Waals surface area contributed by atoms with Gasteiger partial charge in [-0.05, 0) is 38.5 Å². The van der Waals surface area contributed by atoms with Crippen molar-refractivity contribution in [3.63, 3.8) is 0 Å². The first kappa shape index (κ1) is 16.1. The van der Waals surface area contributed by atoms with Gasteiger partial charge in [0.1, 0.15) is 0 Å². The summed E-state index contributed by atoms with van der Waals surface area (Å²) in [6.45, 7) is 9.46. The smallest absolute Gasteiger partial charge is 0.221 e. The minimum Gasteiger partial charge on any atom is -0.369 e. The topological polar surface area (TPSA) is 44.4 Å². The fourth-order valence-corrected chi connectivity index (χ4v) is 2.52. The highest BCUT2D eigenvalue weighted by Gasteiger charge is 2.18. The first-order valence-electron chi connectivity index (χ1n) is 7.40. The highest BCUT2D eigenvalue weighted by molar-refractivity contribution is 6.30. The monoisotopic (exact) mass is 309 g/mol. The predicted octanol–water partition coefficient (Wildman–Crippen LogP) is 2.55. The summed E-state index contributed by atoms with van der Waals surface area (Å²) in [6.07, 6.45) is 0.526. The largest absolute Gasteiger partial charge is 0.369 e. The lowest BCUT2D eigenvalue weighted by molar-refractivity contribution is -0.120. The second-order valence-corrected chi connectivity index (χ2v) is 6.90. The van der Waals surface area contributed by atoms with Gasteiger partial charge in [0.15, 0.2) is 0 Å². The van der Waals surface area contributed by atoms with Gasteiger partial charge >= 0.3 is 0 Å². The Morgan fingerprint density at radius 2 is 2.10 bits per heavy atom. The maximum absolute atomic E-state index is 11.5. The number of rotatable bonds is 3. The Bertz CT molecular complexity index is 511. The number of amides is 1. The van der Waals surface area contributed by atoms with Crippen LogP contribution in [0.1, 0.15) is 32.8 Å². The number of nitrogens with zero attached hydrogens (tertiary/aromatic N) is 1. The third kappa shape index (κ3) is 4.90. The lowest BCUT2D eigenvalue weighted by Gasteiger charge is -2.27. The van der Waals surface area contributed by atoms with Crippen LogP contribution in [-0.4, -0.2) is 31.1 Å². The van der Waals surface area contributed by atoms with Crippen LogP contribution in [0.3, 0.4) is 0 Å². The van der Waals surface area contributed by atoms with Gasteiger partial charge in [-0.15, -0.1) is 0 Å². The average Bonchev–Trinajstić information content (AvgIpc) is 2.61. The Balaban J connectivity index is 2.20. The van der Waals surface area contributed by atoms with Crippen LogP contribution in [-0.2, 0) is 11.3 Å². The Hall–Kier alpha value is -1.26. The van der Waals surface area contributed by atoms with Gasteiger partial charge in [0.2, 0.25) is 5.91 Å².